The first-order valence-electron chi connectivity index (χ1n) is 8.56. The fourth-order valence-corrected chi connectivity index (χ4v) is 3.22. The Morgan fingerprint density at radius 3 is 2.88 bits per heavy atom. The van der Waals surface area contributed by atoms with Crippen LogP contribution in [0.3, 0.4) is 0 Å². The lowest BCUT2D eigenvalue weighted by molar-refractivity contribution is -0.133. The maximum Gasteiger partial charge on any atom is 0.253 e. The Morgan fingerprint density at radius 1 is 1.29 bits per heavy atom. The lowest BCUT2D eigenvalue weighted by Gasteiger charge is -2.33. The minimum Gasteiger partial charge on any atom is -0.488 e. The molecule has 24 heavy (non-hydrogen) atoms. The van der Waals surface area contributed by atoms with Gasteiger partial charge in [0.05, 0.1) is 11.5 Å². The number of carbonyl (C=O) groups is 2. The van der Waals surface area contributed by atoms with E-state index < -0.39 is 0 Å². The van der Waals surface area contributed by atoms with Gasteiger partial charge in [0.25, 0.3) is 5.91 Å². The maximum absolute atomic E-state index is 12.8. The largest absolute Gasteiger partial charge is 0.488 e. The highest BCUT2D eigenvalue weighted by Gasteiger charge is 2.30. The Morgan fingerprint density at radius 2 is 2.08 bits per heavy atom. The number of fused-ring (bicyclic) bond motifs is 1. The number of para-hydroxylation sites is 1. The van der Waals surface area contributed by atoms with Crippen LogP contribution < -0.4 is 10.1 Å². The Hall–Kier alpha value is -2.30. The van der Waals surface area contributed by atoms with Crippen molar-refractivity contribution in [1.29, 1.82) is 0 Å². The lowest BCUT2D eigenvalue weighted by Crippen LogP contribution is -2.47. The molecule has 2 heterocycles. The third-order valence-corrected chi connectivity index (χ3v) is 4.42. The molecule has 2 amide bonds. The third kappa shape index (κ3) is 3.61. The monoisotopic (exact) mass is 328 g/mol. The van der Waals surface area contributed by atoms with E-state index >= 15 is 0 Å². The van der Waals surface area contributed by atoms with Gasteiger partial charge in [-0.2, -0.15) is 0 Å². The SMILES string of the molecule is CC(C)NC(=O)C1CCCN(C(=O)C2=Cc3ccccc3OC2)C1. The molecule has 3 rings (SSSR count). The van der Waals surface area contributed by atoms with Crippen molar-refractivity contribution in [2.75, 3.05) is 19.7 Å². The molecule has 0 aliphatic carbocycles. The van der Waals surface area contributed by atoms with Gasteiger partial charge in [-0.3, -0.25) is 9.59 Å². The molecule has 1 fully saturated rings. The van der Waals surface area contributed by atoms with Gasteiger partial charge in [0.15, 0.2) is 0 Å². The highest BCUT2D eigenvalue weighted by Crippen LogP contribution is 2.27. The zero-order valence-corrected chi connectivity index (χ0v) is 14.2. The minimum atomic E-state index is -0.123. The first-order valence-corrected chi connectivity index (χ1v) is 8.56. The standard InChI is InChI=1S/C19H24N2O3/c1-13(2)20-18(22)15-7-5-9-21(11-15)19(23)16-10-14-6-3-4-8-17(14)24-12-16/h3-4,6,8,10,13,15H,5,7,9,11-12H2,1-2H3,(H,20,22). The first-order chi connectivity index (χ1) is 11.5. The van der Waals surface area contributed by atoms with Crippen molar-refractivity contribution in [3.05, 3.63) is 35.4 Å². The van der Waals surface area contributed by atoms with Crippen molar-refractivity contribution in [2.24, 2.45) is 5.92 Å². The number of carbonyl (C=O) groups excluding carboxylic acids is 2. The summed E-state index contributed by atoms with van der Waals surface area (Å²) in [5.74, 6) is 0.706. The molecule has 1 atom stereocenters. The van der Waals surface area contributed by atoms with Crippen LogP contribution in [0.1, 0.15) is 32.3 Å². The molecule has 1 aromatic carbocycles. The molecular formula is C19H24N2O3. The summed E-state index contributed by atoms with van der Waals surface area (Å²) in [7, 11) is 0. The zero-order chi connectivity index (χ0) is 17.1. The average molecular weight is 328 g/mol. The lowest BCUT2D eigenvalue weighted by atomic mass is 9.96. The summed E-state index contributed by atoms with van der Waals surface area (Å²) in [6, 6.07) is 7.81. The van der Waals surface area contributed by atoms with Gasteiger partial charge >= 0.3 is 0 Å². The smallest absolute Gasteiger partial charge is 0.253 e. The van der Waals surface area contributed by atoms with E-state index in [0.29, 0.717) is 18.7 Å². The van der Waals surface area contributed by atoms with Crippen LogP contribution in [0.4, 0.5) is 0 Å². The predicted molar refractivity (Wildman–Crippen MR) is 92.5 cm³/mol. The predicted octanol–water partition coefficient (Wildman–Crippen LogP) is 2.23. The van der Waals surface area contributed by atoms with E-state index in [-0.39, 0.29) is 30.4 Å². The number of benzene rings is 1. The summed E-state index contributed by atoms with van der Waals surface area (Å²) in [6.07, 6.45) is 3.59. The molecule has 0 saturated carbocycles. The molecule has 1 unspecified atom stereocenters. The highest BCUT2D eigenvalue weighted by molar-refractivity contribution is 5.99. The van der Waals surface area contributed by atoms with Crippen molar-refractivity contribution in [3.8, 4) is 5.75 Å². The third-order valence-electron chi connectivity index (χ3n) is 4.42. The molecule has 0 spiro atoms. The molecule has 1 saturated heterocycles. The normalized spacial score (nSPS) is 20.0. The van der Waals surface area contributed by atoms with Gasteiger partial charge in [-0.25, -0.2) is 0 Å². The summed E-state index contributed by atoms with van der Waals surface area (Å²) >= 11 is 0. The van der Waals surface area contributed by atoms with Gasteiger partial charge in [-0.1, -0.05) is 18.2 Å². The van der Waals surface area contributed by atoms with E-state index in [1.807, 2.05) is 44.2 Å². The number of amides is 2. The molecule has 1 aromatic rings. The first kappa shape index (κ1) is 16.6. The van der Waals surface area contributed by atoms with Gasteiger partial charge in [0.1, 0.15) is 12.4 Å². The number of hydrogen-bond acceptors (Lipinski definition) is 3. The Labute approximate surface area is 142 Å². The summed E-state index contributed by atoms with van der Waals surface area (Å²) in [5, 5.41) is 2.95. The quantitative estimate of drug-likeness (QED) is 0.926. The number of rotatable bonds is 3. The molecular weight excluding hydrogens is 304 g/mol. The van der Waals surface area contributed by atoms with E-state index in [0.717, 1.165) is 24.2 Å². The van der Waals surface area contributed by atoms with E-state index in [9.17, 15) is 9.59 Å². The molecule has 2 aliphatic heterocycles. The van der Waals surface area contributed by atoms with Gasteiger partial charge in [-0.15, -0.1) is 0 Å². The van der Waals surface area contributed by atoms with Crippen LogP contribution in [0.25, 0.3) is 6.08 Å². The second-order valence-corrected chi connectivity index (χ2v) is 6.75. The number of nitrogens with one attached hydrogen (secondary N) is 1. The van der Waals surface area contributed by atoms with Crippen molar-refractivity contribution in [2.45, 2.75) is 32.7 Å². The van der Waals surface area contributed by atoms with Crippen molar-refractivity contribution in [3.63, 3.8) is 0 Å². The van der Waals surface area contributed by atoms with Gasteiger partial charge in [0, 0.05) is 24.7 Å². The highest BCUT2D eigenvalue weighted by atomic mass is 16.5. The maximum atomic E-state index is 12.8. The zero-order valence-electron chi connectivity index (χ0n) is 14.2. The van der Waals surface area contributed by atoms with Crippen LogP contribution in [-0.2, 0) is 9.59 Å². The Kier molecular flexibility index (Phi) is 4.88. The second-order valence-electron chi connectivity index (χ2n) is 6.75. The van der Waals surface area contributed by atoms with Crippen LogP contribution >= 0.6 is 0 Å². The molecule has 5 nitrogen and oxygen atoms in total. The fraction of sp³-hybridized carbons (Fsp3) is 0.474. The average Bonchev–Trinajstić information content (AvgIpc) is 2.60. The number of hydrogen-bond donors (Lipinski definition) is 1. The van der Waals surface area contributed by atoms with E-state index in [2.05, 4.69) is 5.32 Å². The van der Waals surface area contributed by atoms with Gasteiger partial charge in [-0.05, 0) is 38.8 Å². The topological polar surface area (TPSA) is 58.6 Å². The number of ether oxygens (including phenoxy) is 1. The summed E-state index contributed by atoms with van der Waals surface area (Å²) in [5.41, 5.74) is 1.58. The Balaban J connectivity index is 1.69. The molecule has 0 bridgehead atoms. The van der Waals surface area contributed by atoms with Crippen molar-refractivity contribution >= 4 is 17.9 Å². The summed E-state index contributed by atoms with van der Waals surface area (Å²) in [4.78, 5) is 26.8. The molecule has 128 valence electrons. The molecule has 0 aromatic heterocycles. The van der Waals surface area contributed by atoms with Crippen molar-refractivity contribution < 1.29 is 14.3 Å². The van der Waals surface area contributed by atoms with Crippen LogP contribution in [0.5, 0.6) is 5.75 Å². The number of likely N-dealkylation sites (tertiary alicyclic amines) is 1. The van der Waals surface area contributed by atoms with E-state index in [1.54, 1.807) is 4.90 Å². The summed E-state index contributed by atoms with van der Waals surface area (Å²) < 4.78 is 5.68. The molecule has 5 heteroatoms. The second kappa shape index (κ2) is 7.07. The van der Waals surface area contributed by atoms with Crippen molar-refractivity contribution in [1.82, 2.24) is 10.2 Å². The molecule has 0 radical (unpaired) electrons. The number of piperidine rings is 1. The van der Waals surface area contributed by atoms with Crippen LogP contribution in [0, 0.1) is 5.92 Å². The van der Waals surface area contributed by atoms with Crippen LogP contribution in [0.2, 0.25) is 0 Å². The van der Waals surface area contributed by atoms with Crippen LogP contribution in [-0.4, -0.2) is 42.5 Å². The number of nitrogens with zero attached hydrogens (tertiary/aromatic N) is 1. The van der Waals surface area contributed by atoms with Gasteiger partial charge < -0.3 is 15.0 Å². The minimum absolute atomic E-state index is 0.0217. The van der Waals surface area contributed by atoms with Crippen LogP contribution in [0.15, 0.2) is 29.8 Å². The fourth-order valence-electron chi connectivity index (χ4n) is 3.22. The molecule has 2 aliphatic rings. The summed E-state index contributed by atoms with van der Waals surface area (Å²) in [6.45, 7) is 5.37. The Bertz CT molecular complexity index is 666. The molecule has 1 N–H and O–H groups in total. The van der Waals surface area contributed by atoms with Gasteiger partial charge in [0.2, 0.25) is 5.91 Å². The van der Waals surface area contributed by atoms with E-state index in [4.69, 9.17) is 4.74 Å². The van der Waals surface area contributed by atoms with E-state index in [1.165, 1.54) is 0 Å².